The van der Waals surface area contributed by atoms with Gasteiger partial charge in [-0.3, -0.25) is 0 Å². The van der Waals surface area contributed by atoms with E-state index in [9.17, 15) is 0 Å². The lowest BCUT2D eigenvalue weighted by Crippen LogP contribution is -2.14. The molecule has 0 bridgehead atoms. The number of hydrogen-bond donors (Lipinski definition) is 0. The first-order valence-electron chi connectivity index (χ1n) is 4.91. The van der Waals surface area contributed by atoms with E-state index in [1.807, 2.05) is 0 Å². The van der Waals surface area contributed by atoms with Gasteiger partial charge in [-0.25, -0.2) is 0 Å². The Morgan fingerprint density at radius 3 is 2.00 bits per heavy atom. The lowest BCUT2D eigenvalue weighted by atomic mass is 9.94. The first kappa shape index (κ1) is 10.5. The van der Waals surface area contributed by atoms with E-state index < -0.39 is 0 Å². The largest absolute Gasteiger partial charge is 0.377 e. The molecule has 1 aliphatic rings. The van der Waals surface area contributed by atoms with E-state index in [1.54, 1.807) is 7.11 Å². The van der Waals surface area contributed by atoms with Crippen molar-refractivity contribution in [3.63, 3.8) is 0 Å². The maximum Gasteiger partial charge on any atom is 0.0764 e. The molecule has 1 rings (SSSR count). The zero-order valence-corrected chi connectivity index (χ0v) is 9.56. The molecule has 0 aliphatic heterocycles. The van der Waals surface area contributed by atoms with Gasteiger partial charge in [-0.15, -0.1) is 0 Å². The minimum atomic E-state index is 0.252. The SMILES string of the molecule is COC(C)C1=C(C)C(C)=C(C)C1C. The van der Waals surface area contributed by atoms with Gasteiger partial charge in [0.2, 0.25) is 0 Å². The monoisotopic (exact) mass is 180 g/mol. The molecular formula is C12H20O. The molecule has 13 heavy (non-hydrogen) atoms. The highest BCUT2D eigenvalue weighted by Gasteiger charge is 2.26. The third-order valence-corrected chi connectivity index (χ3v) is 3.49. The minimum absolute atomic E-state index is 0.252. The van der Waals surface area contributed by atoms with Gasteiger partial charge in [-0.05, 0) is 44.4 Å². The first-order chi connectivity index (χ1) is 6.00. The lowest BCUT2D eigenvalue weighted by molar-refractivity contribution is 0.140. The first-order valence-corrected chi connectivity index (χ1v) is 4.91. The summed E-state index contributed by atoms with van der Waals surface area (Å²) in [5.41, 5.74) is 5.83. The zero-order chi connectivity index (χ0) is 10.2. The smallest absolute Gasteiger partial charge is 0.0764 e. The van der Waals surface area contributed by atoms with Crippen LogP contribution in [0.3, 0.4) is 0 Å². The maximum atomic E-state index is 5.39. The molecule has 2 atom stereocenters. The van der Waals surface area contributed by atoms with Gasteiger partial charge in [0.1, 0.15) is 0 Å². The lowest BCUT2D eigenvalue weighted by Gasteiger charge is -2.18. The van der Waals surface area contributed by atoms with E-state index in [1.165, 1.54) is 22.3 Å². The molecule has 0 aromatic heterocycles. The average molecular weight is 180 g/mol. The summed E-state index contributed by atoms with van der Waals surface area (Å²) < 4.78 is 5.39. The van der Waals surface area contributed by atoms with Crippen LogP contribution in [0.25, 0.3) is 0 Å². The van der Waals surface area contributed by atoms with E-state index in [4.69, 9.17) is 4.74 Å². The molecule has 0 N–H and O–H groups in total. The van der Waals surface area contributed by atoms with Gasteiger partial charge in [0.25, 0.3) is 0 Å². The Labute approximate surface area is 81.5 Å². The van der Waals surface area contributed by atoms with Crippen LogP contribution in [-0.4, -0.2) is 13.2 Å². The molecule has 2 unspecified atom stereocenters. The molecule has 0 heterocycles. The van der Waals surface area contributed by atoms with Gasteiger partial charge in [0.05, 0.1) is 6.10 Å². The Morgan fingerprint density at radius 2 is 1.69 bits per heavy atom. The van der Waals surface area contributed by atoms with Crippen LogP contribution in [0.2, 0.25) is 0 Å². The van der Waals surface area contributed by atoms with Crippen LogP contribution in [0.4, 0.5) is 0 Å². The second-order valence-corrected chi connectivity index (χ2v) is 3.99. The van der Waals surface area contributed by atoms with Crippen LogP contribution in [-0.2, 0) is 4.74 Å². The number of allylic oxidation sites excluding steroid dienone is 3. The second-order valence-electron chi connectivity index (χ2n) is 3.99. The highest BCUT2D eigenvalue weighted by molar-refractivity contribution is 5.47. The molecule has 0 aromatic carbocycles. The Morgan fingerprint density at radius 1 is 1.15 bits per heavy atom. The molecule has 0 saturated heterocycles. The summed E-state index contributed by atoms with van der Waals surface area (Å²) in [4.78, 5) is 0. The zero-order valence-electron chi connectivity index (χ0n) is 9.56. The van der Waals surface area contributed by atoms with Crippen molar-refractivity contribution in [1.29, 1.82) is 0 Å². The molecule has 0 fully saturated rings. The van der Waals surface area contributed by atoms with Crippen LogP contribution in [0.1, 0.15) is 34.6 Å². The topological polar surface area (TPSA) is 9.23 Å². The van der Waals surface area contributed by atoms with Crippen molar-refractivity contribution in [2.24, 2.45) is 5.92 Å². The van der Waals surface area contributed by atoms with Gasteiger partial charge >= 0.3 is 0 Å². The summed E-state index contributed by atoms with van der Waals surface area (Å²) in [6.45, 7) is 11.0. The molecule has 0 radical (unpaired) electrons. The number of hydrogen-bond acceptors (Lipinski definition) is 1. The summed E-state index contributed by atoms with van der Waals surface area (Å²) in [6.07, 6.45) is 0.252. The third-order valence-electron chi connectivity index (χ3n) is 3.49. The fourth-order valence-electron chi connectivity index (χ4n) is 2.18. The fourth-order valence-corrected chi connectivity index (χ4v) is 2.18. The normalized spacial score (nSPS) is 25.8. The van der Waals surface area contributed by atoms with Crippen LogP contribution < -0.4 is 0 Å². The van der Waals surface area contributed by atoms with Gasteiger partial charge < -0.3 is 4.74 Å². The van der Waals surface area contributed by atoms with E-state index in [-0.39, 0.29) is 6.10 Å². The van der Waals surface area contributed by atoms with Crippen molar-refractivity contribution >= 4 is 0 Å². The van der Waals surface area contributed by atoms with Gasteiger partial charge in [-0.1, -0.05) is 12.5 Å². The summed E-state index contributed by atoms with van der Waals surface area (Å²) in [5, 5.41) is 0. The molecule has 0 saturated carbocycles. The second kappa shape index (κ2) is 3.67. The van der Waals surface area contributed by atoms with Crippen molar-refractivity contribution < 1.29 is 4.74 Å². The van der Waals surface area contributed by atoms with E-state index in [0.717, 1.165) is 0 Å². The third kappa shape index (κ3) is 1.58. The van der Waals surface area contributed by atoms with Crippen LogP contribution in [0.15, 0.2) is 22.3 Å². The molecule has 0 aromatic rings. The molecule has 74 valence electrons. The molecule has 0 amide bonds. The van der Waals surface area contributed by atoms with Crippen molar-refractivity contribution in [2.45, 2.75) is 40.7 Å². The van der Waals surface area contributed by atoms with E-state index in [2.05, 4.69) is 34.6 Å². The highest BCUT2D eigenvalue weighted by atomic mass is 16.5. The Hall–Kier alpha value is -0.560. The molecule has 0 spiro atoms. The van der Waals surface area contributed by atoms with Crippen LogP contribution >= 0.6 is 0 Å². The van der Waals surface area contributed by atoms with Crippen molar-refractivity contribution in [3.8, 4) is 0 Å². The van der Waals surface area contributed by atoms with Gasteiger partial charge in [-0.2, -0.15) is 0 Å². The summed E-state index contributed by atoms with van der Waals surface area (Å²) in [7, 11) is 1.78. The predicted molar refractivity (Wildman–Crippen MR) is 56.7 cm³/mol. The van der Waals surface area contributed by atoms with E-state index >= 15 is 0 Å². The number of ether oxygens (including phenoxy) is 1. The molecule has 1 heteroatoms. The van der Waals surface area contributed by atoms with Crippen LogP contribution in [0.5, 0.6) is 0 Å². The standard InChI is InChI=1S/C12H20O/c1-7-8(2)10(4)12(9(7)3)11(5)13-6/h9,11H,1-6H3. The Kier molecular flexibility index (Phi) is 2.97. The Bertz CT molecular complexity index is 271. The maximum absolute atomic E-state index is 5.39. The van der Waals surface area contributed by atoms with Crippen molar-refractivity contribution in [1.82, 2.24) is 0 Å². The predicted octanol–water partition coefficient (Wildman–Crippen LogP) is 3.32. The highest BCUT2D eigenvalue weighted by Crippen LogP contribution is 2.38. The number of methoxy groups -OCH3 is 1. The summed E-state index contributed by atoms with van der Waals surface area (Å²) in [5.74, 6) is 0.565. The minimum Gasteiger partial charge on any atom is -0.377 e. The Balaban J connectivity index is 3.03. The molecule has 1 aliphatic carbocycles. The van der Waals surface area contributed by atoms with Crippen molar-refractivity contribution in [3.05, 3.63) is 22.3 Å². The summed E-state index contributed by atoms with van der Waals surface area (Å²) in [6, 6.07) is 0. The van der Waals surface area contributed by atoms with Gasteiger partial charge in [0, 0.05) is 13.0 Å². The quantitative estimate of drug-likeness (QED) is 0.633. The van der Waals surface area contributed by atoms with Crippen molar-refractivity contribution in [2.75, 3.05) is 7.11 Å². The number of rotatable bonds is 2. The fraction of sp³-hybridized carbons (Fsp3) is 0.667. The molecular weight excluding hydrogens is 160 g/mol. The average Bonchev–Trinajstić information content (AvgIpc) is 2.30. The summed E-state index contributed by atoms with van der Waals surface area (Å²) >= 11 is 0. The molecule has 1 nitrogen and oxygen atoms in total. The van der Waals surface area contributed by atoms with E-state index in [0.29, 0.717) is 5.92 Å². The van der Waals surface area contributed by atoms with Crippen LogP contribution in [0, 0.1) is 5.92 Å². The van der Waals surface area contributed by atoms with Gasteiger partial charge in [0.15, 0.2) is 0 Å².